The van der Waals surface area contributed by atoms with E-state index in [4.69, 9.17) is 4.74 Å². The first-order valence-corrected chi connectivity index (χ1v) is 13.1. The van der Waals surface area contributed by atoms with Crippen molar-refractivity contribution in [2.75, 3.05) is 0 Å². The molecular weight excluding hydrogens is 442 g/mol. The highest BCUT2D eigenvalue weighted by Gasteiger charge is 2.47. The van der Waals surface area contributed by atoms with E-state index in [0.29, 0.717) is 12.3 Å². The van der Waals surface area contributed by atoms with E-state index >= 15 is 0 Å². The Morgan fingerprint density at radius 1 is 1.11 bits per heavy atom. The number of carbonyl (C=O) groups excluding carboxylic acids is 2. The van der Waals surface area contributed by atoms with Crippen molar-refractivity contribution in [2.45, 2.75) is 117 Å². The van der Waals surface area contributed by atoms with Gasteiger partial charge in [-0.2, -0.15) is 0 Å². The fourth-order valence-electron chi connectivity index (χ4n) is 4.66. The quantitative estimate of drug-likeness (QED) is 0.426. The zero-order chi connectivity index (χ0) is 26.3. The van der Waals surface area contributed by atoms with Crippen molar-refractivity contribution < 1.29 is 19.4 Å². The molecule has 3 N–H and O–H groups in total. The van der Waals surface area contributed by atoms with Gasteiger partial charge in [0.1, 0.15) is 11.6 Å². The van der Waals surface area contributed by atoms with E-state index in [1.54, 1.807) is 20.8 Å². The van der Waals surface area contributed by atoms with Crippen LogP contribution in [0.2, 0.25) is 0 Å². The number of amides is 2. The first-order chi connectivity index (χ1) is 16.3. The molecule has 1 unspecified atom stereocenters. The summed E-state index contributed by atoms with van der Waals surface area (Å²) in [6, 6.07) is 8.20. The van der Waals surface area contributed by atoms with Crippen LogP contribution in [0.5, 0.6) is 0 Å². The van der Waals surface area contributed by atoms with Crippen LogP contribution in [0, 0.1) is 11.8 Å². The molecule has 1 heterocycles. The largest absolute Gasteiger partial charge is 0.444 e. The Bertz CT molecular complexity index is 806. The number of nitrogens with one attached hydrogen (secondary N) is 2. The molecule has 2 amide bonds. The highest BCUT2D eigenvalue weighted by atomic mass is 16.6. The van der Waals surface area contributed by atoms with Crippen LogP contribution in [0.3, 0.4) is 0 Å². The first-order valence-electron chi connectivity index (χ1n) is 13.1. The molecule has 7 nitrogen and oxygen atoms in total. The van der Waals surface area contributed by atoms with Crippen LogP contribution in [-0.4, -0.2) is 58.0 Å². The molecule has 0 aliphatic carbocycles. The smallest absolute Gasteiger partial charge is 0.407 e. The lowest BCUT2D eigenvalue weighted by atomic mass is 9.96. The second kappa shape index (κ2) is 12.7. The van der Waals surface area contributed by atoms with Crippen LogP contribution < -0.4 is 10.6 Å². The highest BCUT2D eigenvalue weighted by Crippen LogP contribution is 2.26. The number of hydrogen-bond donors (Lipinski definition) is 3. The molecule has 0 radical (unpaired) electrons. The minimum Gasteiger partial charge on any atom is -0.444 e. The molecule has 198 valence electrons. The number of carbonyl (C=O) groups is 2. The van der Waals surface area contributed by atoms with Crippen molar-refractivity contribution in [3.8, 4) is 0 Å². The number of hydrogen-bond acceptors (Lipinski definition) is 5. The van der Waals surface area contributed by atoms with Crippen LogP contribution in [0.1, 0.15) is 80.2 Å². The molecular formula is C28H47N3O4. The van der Waals surface area contributed by atoms with Crippen LogP contribution >= 0.6 is 0 Å². The molecule has 1 saturated heterocycles. The number of alkyl carbamates (subject to hydrolysis) is 1. The maximum atomic E-state index is 13.6. The summed E-state index contributed by atoms with van der Waals surface area (Å²) in [4.78, 5) is 28.2. The normalized spacial score (nSPS) is 21.3. The third kappa shape index (κ3) is 8.80. The van der Waals surface area contributed by atoms with E-state index in [1.165, 1.54) is 0 Å². The monoisotopic (exact) mass is 489 g/mol. The zero-order valence-electron chi connectivity index (χ0n) is 22.9. The van der Waals surface area contributed by atoms with Crippen molar-refractivity contribution in [3.63, 3.8) is 0 Å². The number of aliphatic hydroxyl groups is 1. The number of rotatable bonds is 11. The minimum atomic E-state index is -1.12. The van der Waals surface area contributed by atoms with Gasteiger partial charge in [0.05, 0.1) is 18.3 Å². The lowest BCUT2D eigenvalue weighted by molar-refractivity contribution is -0.134. The average Bonchev–Trinajstić information content (AvgIpc) is 3.09. The van der Waals surface area contributed by atoms with Crippen molar-refractivity contribution >= 4 is 12.0 Å². The maximum Gasteiger partial charge on any atom is 0.407 e. The van der Waals surface area contributed by atoms with Crippen LogP contribution in [0.15, 0.2) is 30.3 Å². The third-order valence-electron chi connectivity index (χ3n) is 6.43. The first kappa shape index (κ1) is 29.1. The molecule has 1 aliphatic heterocycles. The lowest BCUT2D eigenvalue weighted by Crippen LogP contribution is -2.55. The van der Waals surface area contributed by atoms with Gasteiger partial charge in [0.15, 0.2) is 0 Å². The molecule has 7 heteroatoms. The zero-order valence-corrected chi connectivity index (χ0v) is 22.9. The van der Waals surface area contributed by atoms with E-state index in [9.17, 15) is 14.7 Å². The van der Waals surface area contributed by atoms with Crippen LogP contribution in [-0.2, 0) is 16.0 Å². The molecule has 0 aromatic heterocycles. The third-order valence-corrected chi connectivity index (χ3v) is 6.43. The highest BCUT2D eigenvalue weighted by molar-refractivity contribution is 5.85. The number of benzene rings is 1. The second-order valence-electron chi connectivity index (χ2n) is 11.7. The number of aliphatic hydroxyl groups excluding tert-OH is 1. The summed E-state index contributed by atoms with van der Waals surface area (Å²) in [5.74, 6) is 0.690. The van der Waals surface area contributed by atoms with Crippen molar-refractivity contribution in [1.29, 1.82) is 0 Å². The molecule has 5 atom stereocenters. The van der Waals surface area contributed by atoms with Gasteiger partial charge in [-0.25, -0.2) is 4.79 Å². The summed E-state index contributed by atoms with van der Waals surface area (Å²) in [5, 5.41) is 17.7. The standard InChI is InChI=1S/C28H47N3O4/c1-18(2)13-12-14-20(5)31-25(19(3)4)30-23(26(31)33)24(32)22(17-21-15-10-9-11-16-21)29-27(34)35-28(6,7)8/h9-11,15-16,18-20,22-25,30,32H,12-14,17H2,1-8H3,(H,29,34)/t20-,22+,23+,24-,25?/m1/s1. The van der Waals surface area contributed by atoms with Crippen LogP contribution in [0.25, 0.3) is 0 Å². The molecule has 1 aromatic rings. The Hall–Kier alpha value is -2.12. The molecule has 2 rings (SSSR count). The molecule has 0 bridgehead atoms. The molecule has 1 aromatic carbocycles. The van der Waals surface area contributed by atoms with Crippen molar-refractivity contribution in [3.05, 3.63) is 35.9 Å². The van der Waals surface area contributed by atoms with Crippen molar-refractivity contribution in [1.82, 2.24) is 15.5 Å². The second-order valence-corrected chi connectivity index (χ2v) is 11.7. The summed E-state index contributed by atoms with van der Waals surface area (Å²) < 4.78 is 5.45. The average molecular weight is 490 g/mol. The number of ether oxygens (including phenoxy) is 1. The van der Waals surface area contributed by atoms with E-state index in [-0.39, 0.29) is 24.0 Å². The summed E-state index contributed by atoms with van der Waals surface area (Å²) in [6.45, 7) is 16.0. The predicted molar refractivity (Wildman–Crippen MR) is 140 cm³/mol. The Morgan fingerprint density at radius 2 is 1.74 bits per heavy atom. The van der Waals surface area contributed by atoms with Gasteiger partial charge in [0.2, 0.25) is 5.91 Å². The molecule has 1 fully saturated rings. The Kier molecular flexibility index (Phi) is 10.6. The predicted octanol–water partition coefficient (Wildman–Crippen LogP) is 4.48. The van der Waals surface area contributed by atoms with Gasteiger partial charge < -0.3 is 20.1 Å². The summed E-state index contributed by atoms with van der Waals surface area (Å²) in [5.41, 5.74) is 0.288. The summed E-state index contributed by atoms with van der Waals surface area (Å²) in [6.07, 6.45) is 1.57. The van der Waals surface area contributed by atoms with E-state index in [0.717, 1.165) is 24.8 Å². The fourth-order valence-corrected chi connectivity index (χ4v) is 4.66. The Balaban J connectivity index is 2.23. The fraction of sp³-hybridized carbons (Fsp3) is 0.714. The van der Waals surface area contributed by atoms with Gasteiger partial charge in [-0.05, 0) is 57.9 Å². The molecule has 35 heavy (non-hydrogen) atoms. The van der Waals surface area contributed by atoms with Gasteiger partial charge in [0.25, 0.3) is 0 Å². The summed E-state index contributed by atoms with van der Waals surface area (Å²) in [7, 11) is 0. The van der Waals surface area contributed by atoms with Crippen LogP contribution in [0.4, 0.5) is 4.79 Å². The Labute approximate surface area is 212 Å². The van der Waals surface area contributed by atoms with Gasteiger partial charge in [0, 0.05) is 6.04 Å². The minimum absolute atomic E-state index is 0.0599. The van der Waals surface area contributed by atoms with Gasteiger partial charge in [-0.1, -0.05) is 70.9 Å². The van der Waals surface area contributed by atoms with E-state index < -0.39 is 29.9 Å². The van der Waals surface area contributed by atoms with E-state index in [1.807, 2.05) is 35.2 Å². The van der Waals surface area contributed by atoms with E-state index in [2.05, 4.69) is 45.3 Å². The topological polar surface area (TPSA) is 90.9 Å². The van der Waals surface area contributed by atoms with Gasteiger partial charge >= 0.3 is 6.09 Å². The number of nitrogens with zero attached hydrogens (tertiary/aromatic N) is 1. The summed E-state index contributed by atoms with van der Waals surface area (Å²) >= 11 is 0. The maximum absolute atomic E-state index is 13.6. The molecule has 1 aliphatic rings. The SMILES string of the molecule is CC(C)CCC[C@@H](C)N1C(=O)[C@H]([C@H](O)[C@H](Cc2ccccc2)NC(=O)OC(C)(C)C)NC1C(C)C. The van der Waals surface area contributed by atoms with Gasteiger partial charge in [-0.3, -0.25) is 10.1 Å². The lowest BCUT2D eigenvalue weighted by Gasteiger charge is -2.33. The van der Waals surface area contributed by atoms with Crippen molar-refractivity contribution in [2.24, 2.45) is 11.8 Å². The molecule has 0 saturated carbocycles. The van der Waals surface area contributed by atoms with Gasteiger partial charge in [-0.15, -0.1) is 0 Å². The Morgan fingerprint density at radius 3 is 2.29 bits per heavy atom. The molecule has 0 spiro atoms.